The molecule has 0 saturated carbocycles. The number of alkyl halides is 3. The minimum absolute atomic E-state index is 0.108. The van der Waals surface area contributed by atoms with E-state index in [4.69, 9.17) is 9.47 Å². The first-order valence-corrected chi connectivity index (χ1v) is 10.8. The van der Waals surface area contributed by atoms with Gasteiger partial charge < -0.3 is 14.4 Å². The average molecular weight is 446 g/mol. The normalized spacial score (nSPS) is 12.1. The Bertz CT molecular complexity index is 949. The van der Waals surface area contributed by atoms with Gasteiger partial charge in [0.2, 0.25) is 10.0 Å². The van der Waals surface area contributed by atoms with Gasteiger partial charge in [-0.25, -0.2) is 8.42 Å². The second-order valence-corrected chi connectivity index (χ2v) is 8.62. The molecule has 10 heteroatoms. The molecule has 0 atom stereocenters. The Hall–Kier alpha value is -2.46. The molecule has 2 rings (SSSR count). The molecule has 0 fully saturated rings. The highest BCUT2D eigenvalue weighted by Gasteiger charge is 2.30. The van der Waals surface area contributed by atoms with Crippen LogP contribution in [-0.4, -0.2) is 46.9 Å². The lowest BCUT2D eigenvalue weighted by Crippen LogP contribution is -2.24. The first-order valence-electron chi connectivity index (χ1n) is 9.11. The minimum Gasteiger partial charge on any atom is -0.493 e. The fraction of sp³-hybridized carbons (Fsp3) is 0.400. The van der Waals surface area contributed by atoms with E-state index in [0.29, 0.717) is 31.0 Å². The maximum Gasteiger partial charge on any atom is 0.416 e. The summed E-state index contributed by atoms with van der Waals surface area (Å²) < 4.78 is 75.4. The fourth-order valence-electron chi connectivity index (χ4n) is 2.88. The first-order chi connectivity index (χ1) is 14.0. The second kappa shape index (κ2) is 10.0. The van der Waals surface area contributed by atoms with Crippen molar-refractivity contribution in [3.8, 4) is 11.5 Å². The van der Waals surface area contributed by atoms with Crippen LogP contribution in [0.2, 0.25) is 0 Å². The maximum absolute atomic E-state index is 12.8. The molecule has 2 aromatic carbocycles. The summed E-state index contributed by atoms with van der Waals surface area (Å²) in [5.74, 6) is 1.02. The molecule has 166 valence electrons. The summed E-state index contributed by atoms with van der Waals surface area (Å²) in [6.45, 7) is 1.05. The Morgan fingerprint density at radius 1 is 1.03 bits per heavy atom. The third-order valence-electron chi connectivity index (χ3n) is 4.32. The van der Waals surface area contributed by atoms with E-state index in [1.165, 1.54) is 6.07 Å². The highest BCUT2D eigenvalue weighted by molar-refractivity contribution is 7.92. The van der Waals surface area contributed by atoms with Crippen LogP contribution in [0.15, 0.2) is 42.5 Å². The zero-order valence-corrected chi connectivity index (χ0v) is 17.8. The maximum atomic E-state index is 12.8. The number of sulfonamides is 1. The SMILES string of the molecule is COc1ccc(CN(C)CCCS(=O)(=O)Nc2cccc(C(F)(F)F)c2)cc1OC. The number of hydrogen-bond donors (Lipinski definition) is 1. The van der Waals surface area contributed by atoms with E-state index in [0.717, 1.165) is 23.8 Å². The molecule has 0 spiro atoms. The van der Waals surface area contributed by atoms with Crippen LogP contribution in [0.5, 0.6) is 11.5 Å². The Kier molecular flexibility index (Phi) is 7.96. The van der Waals surface area contributed by atoms with E-state index < -0.39 is 21.8 Å². The second-order valence-electron chi connectivity index (χ2n) is 6.78. The van der Waals surface area contributed by atoms with Crippen molar-refractivity contribution in [1.29, 1.82) is 0 Å². The van der Waals surface area contributed by atoms with Crippen molar-refractivity contribution in [2.24, 2.45) is 0 Å². The van der Waals surface area contributed by atoms with Gasteiger partial charge in [-0.3, -0.25) is 4.72 Å². The van der Waals surface area contributed by atoms with Gasteiger partial charge >= 0.3 is 6.18 Å². The fourth-order valence-corrected chi connectivity index (χ4v) is 3.98. The van der Waals surface area contributed by atoms with Crippen molar-refractivity contribution in [3.63, 3.8) is 0 Å². The standard InChI is InChI=1S/C20H25F3N2O4S/c1-25(14-15-8-9-18(28-2)19(12-15)29-3)10-5-11-30(26,27)24-17-7-4-6-16(13-17)20(21,22)23/h4,6-9,12-13,24H,5,10-11,14H2,1-3H3. The Morgan fingerprint density at radius 2 is 1.73 bits per heavy atom. The quantitative estimate of drug-likeness (QED) is 0.598. The number of rotatable bonds is 10. The van der Waals surface area contributed by atoms with Crippen molar-refractivity contribution >= 4 is 15.7 Å². The van der Waals surface area contributed by atoms with Crippen LogP contribution in [0.25, 0.3) is 0 Å². The third kappa shape index (κ3) is 7.10. The zero-order chi connectivity index (χ0) is 22.4. The van der Waals surface area contributed by atoms with E-state index in [-0.39, 0.29) is 11.4 Å². The molecule has 0 radical (unpaired) electrons. The van der Waals surface area contributed by atoms with Crippen molar-refractivity contribution in [2.75, 3.05) is 38.3 Å². The molecule has 0 aliphatic carbocycles. The monoisotopic (exact) mass is 446 g/mol. The average Bonchev–Trinajstić information content (AvgIpc) is 2.66. The Labute approximate surface area is 174 Å². The van der Waals surface area contributed by atoms with Crippen molar-refractivity contribution in [1.82, 2.24) is 4.90 Å². The van der Waals surface area contributed by atoms with Crippen molar-refractivity contribution < 1.29 is 31.1 Å². The summed E-state index contributed by atoms with van der Waals surface area (Å²) in [5, 5.41) is 0. The lowest BCUT2D eigenvalue weighted by atomic mass is 10.2. The molecule has 0 aliphatic rings. The zero-order valence-electron chi connectivity index (χ0n) is 17.0. The largest absolute Gasteiger partial charge is 0.493 e. The number of methoxy groups -OCH3 is 2. The molecule has 0 unspecified atom stereocenters. The van der Waals surface area contributed by atoms with E-state index in [1.807, 2.05) is 24.1 Å². The van der Waals surface area contributed by atoms with Crippen molar-refractivity contribution in [3.05, 3.63) is 53.6 Å². The predicted molar refractivity (Wildman–Crippen MR) is 109 cm³/mol. The number of anilines is 1. The summed E-state index contributed by atoms with van der Waals surface area (Å²) >= 11 is 0. The van der Waals surface area contributed by atoms with Crippen LogP contribution in [-0.2, 0) is 22.7 Å². The number of nitrogens with zero attached hydrogens (tertiary/aromatic N) is 1. The van der Waals surface area contributed by atoms with Gasteiger partial charge in [0, 0.05) is 12.2 Å². The molecular weight excluding hydrogens is 421 g/mol. The highest BCUT2D eigenvalue weighted by atomic mass is 32.2. The van der Waals surface area contributed by atoms with E-state index >= 15 is 0 Å². The van der Waals surface area contributed by atoms with Gasteiger partial charge in [-0.05, 0) is 55.9 Å². The van der Waals surface area contributed by atoms with Crippen LogP contribution in [0.1, 0.15) is 17.5 Å². The van der Waals surface area contributed by atoms with Crippen LogP contribution in [0, 0.1) is 0 Å². The molecule has 0 bridgehead atoms. The molecule has 0 saturated heterocycles. The van der Waals surface area contributed by atoms with Gasteiger partial charge in [0.25, 0.3) is 0 Å². The lowest BCUT2D eigenvalue weighted by molar-refractivity contribution is -0.137. The summed E-state index contributed by atoms with van der Waals surface area (Å²) in [7, 11) is 1.19. The van der Waals surface area contributed by atoms with Gasteiger partial charge in [-0.2, -0.15) is 13.2 Å². The predicted octanol–water partition coefficient (Wildman–Crippen LogP) is 3.99. The summed E-state index contributed by atoms with van der Waals surface area (Å²) in [5.41, 5.74) is -0.0408. The minimum atomic E-state index is -4.53. The number of halogens is 3. The molecule has 2 aromatic rings. The van der Waals surface area contributed by atoms with Gasteiger partial charge in [0.1, 0.15) is 0 Å². The van der Waals surface area contributed by atoms with Crippen LogP contribution in [0.3, 0.4) is 0 Å². The number of hydrogen-bond acceptors (Lipinski definition) is 5. The molecule has 0 heterocycles. The van der Waals surface area contributed by atoms with E-state index in [2.05, 4.69) is 4.72 Å². The van der Waals surface area contributed by atoms with E-state index in [9.17, 15) is 21.6 Å². The van der Waals surface area contributed by atoms with Crippen molar-refractivity contribution in [2.45, 2.75) is 19.1 Å². The first kappa shape index (κ1) is 23.8. The summed E-state index contributed by atoms with van der Waals surface area (Å²) in [4.78, 5) is 1.95. The van der Waals surface area contributed by atoms with Crippen LogP contribution < -0.4 is 14.2 Å². The number of ether oxygens (including phenoxy) is 2. The molecule has 1 N–H and O–H groups in total. The Balaban J connectivity index is 1.88. The van der Waals surface area contributed by atoms with Gasteiger partial charge in [-0.15, -0.1) is 0 Å². The van der Waals surface area contributed by atoms with E-state index in [1.54, 1.807) is 20.3 Å². The summed E-state index contributed by atoms with van der Waals surface area (Å²) in [6, 6.07) is 9.66. The molecule has 0 amide bonds. The number of nitrogens with one attached hydrogen (secondary N) is 1. The van der Waals surface area contributed by atoms with Gasteiger partial charge in [0.15, 0.2) is 11.5 Å². The third-order valence-corrected chi connectivity index (χ3v) is 5.69. The molecule has 30 heavy (non-hydrogen) atoms. The van der Waals surface area contributed by atoms with Crippen LogP contribution in [0.4, 0.5) is 18.9 Å². The Morgan fingerprint density at radius 3 is 2.37 bits per heavy atom. The van der Waals surface area contributed by atoms with Gasteiger partial charge in [0.05, 0.1) is 25.5 Å². The molecular formula is C20H25F3N2O4S. The molecule has 6 nitrogen and oxygen atoms in total. The molecule has 0 aromatic heterocycles. The number of benzene rings is 2. The van der Waals surface area contributed by atoms with Crippen LogP contribution >= 0.6 is 0 Å². The summed E-state index contributed by atoms with van der Waals surface area (Å²) in [6.07, 6.45) is -4.22. The smallest absolute Gasteiger partial charge is 0.416 e. The van der Waals surface area contributed by atoms with Gasteiger partial charge in [-0.1, -0.05) is 12.1 Å². The highest BCUT2D eigenvalue weighted by Crippen LogP contribution is 2.31. The molecule has 0 aliphatic heterocycles. The topological polar surface area (TPSA) is 67.9 Å². The lowest BCUT2D eigenvalue weighted by Gasteiger charge is -2.18.